The Kier molecular flexibility index (Phi) is 6.51. The molecule has 144 valence electrons. The van der Waals surface area contributed by atoms with E-state index < -0.39 is 0 Å². The zero-order chi connectivity index (χ0) is 19.8. The minimum atomic E-state index is -0.217. The predicted molar refractivity (Wildman–Crippen MR) is 106 cm³/mol. The first-order valence-corrected chi connectivity index (χ1v) is 8.88. The van der Waals surface area contributed by atoms with E-state index in [-0.39, 0.29) is 18.1 Å². The van der Waals surface area contributed by atoms with Crippen molar-refractivity contribution in [2.24, 2.45) is 0 Å². The van der Waals surface area contributed by atoms with E-state index in [9.17, 15) is 9.18 Å². The molecule has 1 aromatic heterocycles. The summed E-state index contributed by atoms with van der Waals surface area (Å²) in [5.41, 5.74) is 1.52. The number of amides is 1. The smallest absolute Gasteiger partial charge is 0.229 e. The van der Waals surface area contributed by atoms with E-state index in [4.69, 9.17) is 4.74 Å². The first kappa shape index (κ1) is 19.3. The highest BCUT2D eigenvalue weighted by Crippen LogP contribution is 2.13. The largest absolute Gasteiger partial charge is 0.497 e. The molecule has 0 atom stereocenters. The highest BCUT2D eigenvalue weighted by atomic mass is 19.1. The molecular weight excluding hydrogens is 359 g/mol. The number of methoxy groups -OCH3 is 1. The van der Waals surface area contributed by atoms with Gasteiger partial charge in [-0.2, -0.15) is 0 Å². The predicted octanol–water partition coefficient (Wildman–Crippen LogP) is 3.46. The highest BCUT2D eigenvalue weighted by molar-refractivity contribution is 5.91. The van der Waals surface area contributed by atoms with E-state index in [1.54, 1.807) is 31.4 Å². The minimum absolute atomic E-state index is 0.181. The number of carbonyl (C=O) groups is 1. The summed E-state index contributed by atoms with van der Waals surface area (Å²) >= 11 is 0. The van der Waals surface area contributed by atoms with E-state index in [0.29, 0.717) is 30.2 Å². The summed E-state index contributed by atoms with van der Waals surface area (Å²) in [6.07, 6.45) is 0.767. The van der Waals surface area contributed by atoms with E-state index in [1.807, 2.05) is 30.3 Å². The number of carbonyl (C=O) groups excluding carboxylic acids is 1. The first-order valence-electron chi connectivity index (χ1n) is 8.88. The minimum Gasteiger partial charge on any atom is -0.497 e. The zero-order valence-corrected chi connectivity index (χ0v) is 15.5. The van der Waals surface area contributed by atoms with Crippen molar-refractivity contribution < 1.29 is 13.9 Å². The number of hydrogen-bond donors (Lipinski definition) is 2. The third-order valence-electron chi connectivity index (χ3n) is 4.11. The standard InChI is InChI=1S/C21H21FN4O2/c1-28-17-8-6-15(7-9-17)14-21(27)24-20-11-10-19(25-26-20)23-13-12-16-4-2-3-5-18(16)22/h2-11H,12-14H2,1H3,(H,23,25)(H,24,26,27). The average Bonchev–Trinajstić information content (AvgIpc) is 2.71. The number of nitrogens with zero attached hydrogens (tertiary/aromatic N) is 2. The fourth-order valence-corrected chi connectivity index (χ4v) is 2.64. The number of aromatic nitrogens is 2. The van der Waals surface area contributed by atoms with Crippen LogP contribution in [0.25, 0.3) is 0 Å². The van der Waals surface area contributed by atoms with Gasteiger partial charge in [-0.25, -0.2) is 4.39 Å². The van der Waals surface area contributed by atoms with Crippen LogP contribution in [-0.2, 0) is 17.6 Å². The average molecular weight is 380 g/mol. The lowest BCUT2D eigenvalue weighted by Gasteiger charge is -2.08. The Morgan fingerprint density at radius 1 is 1.00 bits per heavy atom. The molecule has 0 saturated heterocycles. The third kappa shape index (κ3) is 5.51. The molecule has 0 aliphatic heterocycles. The number of nitrogens with one attached hydrogen (secondary N) is 2. The molecular formula is C21H21FN4O2. The van der Waals surface area contributed by atoms with E-state index in [0.717, 1.165) is 11.3 Å². The van der Waals surface area contributed by atoms with Gasteiger partial charge in [0.15, 0.2) is 5.82 Å². The summed E-state index contributed by atoms with van der Waals surface area (Å²) in [7, 11) is 1.60. The molecule has 0 unspecified atom stereocenters. The molecule has 7 heteroatoms. The molecule has 28 heavy (non-hydrogen) atoms. The van der Waals surface area contributed by atoms with Gasteiger partial charge in [-0.05, 0) is 47.9 Å². The summed E-state index contributed by atoms with van der Waals surface area (Å²) in [6.45, 7) is 0.527. The summed E-state index contributed by atoms with van der Waals surface area (Å²) in [6, 6.07) is 17.4. The van der Waals surface area contributed by atoms with Crippen LogP contribution in [0.4, 0.5) is 16.0 Å². The molecule has 3 aromatic rings. The molecule has 0 aliphatic rings. The number of hydrogen-bond acceptors (Lipinski definition) is 5. The van der Waals surface area contributed by atoms with Gasteiger partial charge in [0.2, 0.25) is 5.91 Å². The lowest BCUT2D eigenvalue weighted by Crippen LogP contribution is -2.16. The second-order valence-electron chi connectivity index (χ2n) is 6.15. The summed E-state index contributed by atoms with van der Waals surface area (Å²) in [5, 5.41) is 13.8. The van der Waals surface area contributed by atoms with Crippen molar-refractivity contribution in [3.63, 3.8) is 0 Å². The van der Waals surface area contributed by atoms with Gasteiger partial charge in [0, 0.05) is 6.54 Å². The van der Waals surface area contributed by atoms with Crippen molar-refractivity contribution in [3.05, 3.63) is 77.6 Å². The van der Waals surface area contributed by atoms with E-state index >= 15 is 0 Å². The van der Waals surface area contributed by atoms with Gasteiger partial charge < -0.3 is 15.4 Å². The fraction of sp³-hybridized carbons (Fsp3) is 0.190. The fourth-order valence-electron chi connectivity index (χ4n) is 2.64. The summed E-state index contributed by atoms with van der Waals surface area (Å²) < 4.78 is 18.7. The summed E-state index contributed by atoms with van der Waals surface area (Å²) in [5.74, 6) is 1.28. The molecule has 2 aromatic carbocycles. The number of ether oxygens (including phenoxy) is 1. The Balaban J connectivity index is 1.46. The Morgan fingerprint density at radius 2 is 1.71 bits per heavy atom. The maximum Gasteiger partial charge on any atom is 0.229 e. The summed E-state index contributed by atoms with van der Waals surface area (Å²) in [4.78, 5) is 12.1. The Morgan fingerprint density at radius 3 is 2.39 bits per heavy atom. The normalized spacial score (nSPS) is 10.4. The Bertz CT molecular complexity index is 914. The van der Waals surface area contributed by atoms with Crippen LogP contribution in [0.1, 0.15) is 11.1 Å². The maximum absolute atomic E-state index is 13.6. The van der Waals surface area contributed by atoms with Crippen LogP contribution in [-0.4, -0.2) is 29.8 Å². The number of anilines is 2. The zero-order valence-electron chi connectivity index (χ0n) is 15.5. The molecule has 1 heterocycles. The lowest BCUT2D eigenvalue weighted by molar-refractivity contribution is -0.115. The second-order valence-corrected chi connectivity index (χ2v) is 6.15. The third-order valence-corrected chi connectivity index (χ3v) is 4.11. The lowest BCUT2D eigenvalue weighted by atomic mass is 10.1. The molecule has 0 bridgehead atoms. The van der Waals surface area contributed by atoms with Crippen molar-refractivity contribution in [2.45, 2.75) is 12.8 Å². The van der Waals surface area contributed by atoms with Crippen molar-refractivity contribution in [1.29, 1.82) is 0 Å². The van der Waals surface area contributed by atoms with E-state index in [1.165, 1.54) is 6.07 Å². The Labute approximate surface area is 162 Å². The maximum atomic E-state index is 13.6. The van der Waals surface area contributed by atoms with Gasteiger partial charge in [0.1, 0.15) is 17.4 Å². The molecule has 3 rings (SSSR count). The van der Waals surface area contributed by atoms with Crippen LogP contribution in [0.2, 0.25) is 0 Å². The molecule has 2 N–H and O–H groups in total. The van der Waals surface area contributed by atoms with Gasteiger partial charge in [-0.3, -0.25) is 4.79 Å². The van der Waals surface area contributed by atoms with Gasteiger partial charge in [-0.1, -0.05) is 30.3 Å². The number of rotatable bonds is 8. The Hall–Kier alpha value is -3.48. The van der Waals surface area contributed by atoms with Gasteiger partial charge in [-0.15, -0.1) is 10.2 Å². The van der Waals surface area contributed by atoms with Crippen molar-refractivity contribution in [3.8, 4) is 5.75 Å². The van der Waals surface area contributed by atoms with Crippen molar-refractivity contribution in [1.82, 2.24) is 10.2 Å². The van der Waals surface area contributed by atoms with Crippen LogP contribution < -0.4 is 15.4 Å². The molecule has 6 nitrogen and oxygen atoms in total. The molecule has 0 spiro atoms. The monoisotopic (exact) mass is 380 g/mol. The molecule has 1 amide bonds. The molecule has 0 radical (unpaired) electrons. The van der Waals surface area contributed by atoms with Gasteiger partial charge in [0.05, 0.1) is 13.5 Å². The number of benzene rings is 2. The van der Waals surface area contributed by atoms with Crippen LogP contribution >= 0.6 is 0 Å². The molecule has 0 saturated carbocycles. The van der Waals surface area contributed by atoms with Crippen LogP contribution in [0.5, 0.6) is 5.75 Å². The van der Waals surface area contributed by atoms with E-state index in [2.05, 4.69) is 20.8 Å². The van der Waals surface area contributed by atoms with Crippen LogP contribution in [0.3, 0.4) is 0 Å². The molecule has 0 fully saturated rings. The van der Waals surface area contributed by atoms with Crippen molar-refractivity contribution >= 4 is 17.5 Å². The quantitative estimate of drug-likeness (QED) is 0.626. The van der Waals surface area contributed by atoms with Crippen LogP contribution in [0.15, 0.2) is 60.7 Å². The van der Waals surface area contributed by atoms with Crippen LogP contribution in [0, 0.1) is 5.82 Å². The second kappa shape index (κ2) is 9.45. The SMILES string of the molecule is COc1ccc(CC(=O)Nc2ccc(NCCc3ccccc3F)nn2)cc1. The highest BCUT2D eigenvalue weighted by Gasteiger charge is 2.06. The van der Waals surface area contributed by atoms with Crippen molar-refractivity contribution in [2.75, 3.05) is 24.3 Å². The topological polar surface area (TPSA) is 76.1 Å². The van der Waals surface area contributed by atoms with Gasteiger partial charge >= 0.3 is 0 Å². The first-order chi connectivity index (χ1) is 13.6. The molecule has 0 aliphatic carbocycles. The van der Waals surface area contributed by atoms with Gasteiger partial charge in [0.25, 0.3) is 0 Å². The number of halogens is 1.